The lowest BCUT2D eigenvalue weighted by Crippen LogP contribution is -2.64. The summed E-state index contributed by atoms with van der Waals surface area (Å²) in [6, 6.07) is 0. The minimum atomic E-state index is -1.88. The Bertz CT molecular complexity index is 416. The highest BCUT2D eigenvalue weighted by Gasteiger charge is 2.50. The first-order chi connectivity index (χ1) is 11.1. The first-order valence-corrected chi connectivity index (χ1v) is 19.2. The van der Waals surface area contributed by atoms with Gasteiger partial charge in [-0.2, -0.15) is 0 Å². The number of aliphatic hydroxyl groups excluding tert-OH is 1. The van der Waals surface area contributed by atoms with Crippen LogP contribution in [0.1, 0.15) is 0 Å². The summed E-state index contributed by atoms with van der Waals surface area (Å²) in [5, 5.41) is 10.5. The summed E-state index contributed by atoms with van der Waals surface area (Å²) in [6.45, 7) is 19.6. The van der Waals surface area contributed by atoms with Crippen LogP contribution in [0.4, 0.5) is 0 Å². The second-order valence-corrected chi connectivity index (χ2v) is 23.0. The van der Waals surface area contributed by atoms with E-state index in [1.54, 1.807) is 7.11 Å². The molecular weight excluding hydrogens is 372 g/mol. The maximum atomic E-state index is 10.5. The van der Waals surface area contributed by atoms with E-state index < -0.39 is 37.3 Å². The van der Waals surface area contributed by atoms with Gasteiger partial charge in [-0.25, -0.2) is 0 Å². The van der Waals surface area contributed by atoms with Crippen molar-refractivity contribution < 1.29 is 27.9 Å². The molecule has 0 aromatic carbocycles. The molecule has 1 heterocycles. The van der Waals surface area contributed by atoms with Crippen molar-refractivity contribution in [2.45, 2.75) is 89.6 Å². The van der Waals surface area contributed by atoms with E-state index in [9.17, 15) is 5.11 Å². The highest BCUT2D eigenvalue weighted by Crippen LogP contribution is 2.31. The monoisotopic (exact) mass is 410 g/mol. The van der Waals surface area contributed by atoms with Gasteiger partial charge in [0.15, 0.2) is 31.2 Å². The number of hydrogen-bond donors (Lipinski definition) is 1. The van der Waals surface area contributed by atoms with Gasteiger partial charge < -0.3 is 27.9 Å². The normalized spacial score (nSPS) is 32.0. The molecule has 0 radical (unpaired) electrons. The van der Waals surface area contributed by atoms with Crippen LogP contribution in [-0.2, 0) is 22.8 Å². The van der Waals surface area contributed by atoms with E-state index in [1.807, 2.05) is 0 Å². The van der Waals surface area contributed by atoms with Crippen LogP contribution in [0.5, 0.6) is 0 Å². The molecule has 1 rings (SSSR count). The van der Waals surface area contributed by atoms with Crippen LogP contribution in [0, 0.1) is 0 Å². The zero-order valence-electron chi connectivity index (χ0n) is 17.6. The van der Waals surface area contributed by atoms with Crippen LogP contribution in [0.2, 0.25) is 58.9 Å². The first kappa shape index (κ1) is 23.5. The van der Waals surface area contributed by atoms with Gasteiger partial charge in [-0.1, -0.05) is 0 Å². The van der Waals surface area contributed by atoms with Gasteiger partial charge in [-0.05, 0) is 58.9 Å². The molecule has 1 fully saturated rings. The highest BCUT2D eigenvalue weighted by atomic mass is 28.4. The fourth-order valence-electron chi connectivity index (χ4n) is 2.71. The fraction of sp³-hybridized carbons (Fsp3) is 1.00. The number of ether oxygens (including phenoxy) is 2. The highest BCUT2D eigenvalue weighted by molar-refractivity contribution is 6.70. The molecule has 0 spiro atoms. The number of aliphatic hydroxyl groups is 1. The Hall–Kier alpha value is 0.411. The minimum Gasteiger partial charge on any atom is -0.415 e. The van der Waals surface area contributed by atoms with Crippen molar-refractivity contribution in [1.82, 2.24) is 0 Å². The standard InChI is InChI=1S/C16H38O6Si3/c1-18-15-14(22-25(8,9)10)13(21-24(5,6)7)12(20-16(15)17)11-19-23(2,3)4/h12-17H,11H2,1-10H3/t12-,13-,14+,15-,16-/m1/s1. The Morgan fingerprint density at radius 3 is 1.64 bits per heavy atom. The van der Waals surface area contributed by atoms with Crippen molar-refractivity contribution in [2.75, 3.05) is 13.7 Å². The van der Waals surface area contributed by atoms with Gasteiger partial charge in [0.1, 0.15) is 24.4 Å². The third-order valence-corrected chi connectivity index (χ3v) is 6.53. The van der Waals surface area contributed by atoms with E-state index in [-0.39, 0.29) is 18.3 Å². The van der Waals surface area contributed by atoms with Crippen LogP contribution >= 0.6 is 0 Å². The summed E-state index contributed by atoms with van der Waals surface area (Å²) in [7, 11) is -3.89. The topological polar surface area (TPSA) is 66.4 Å². The van der Waals surface area contributed by atoms with E-state index in [2.05, 4.69) is 58.9 Å². The Morgan fingerprint density at radius 1 is 0.760 bits per heavy atom. The SMILES string of the molecule is CO[C@@H]1[C@@H](O[Si](C)(C)C)[C@H](O[Si](C)(C)C)[C@@H](CO[Si](C)(C)C)O[C@H]1O. The molecule has 0 saturated carbocycles. The lowest BCUT2D eigenvalue weighted by Gasteiger charge is -2.48. The molecule has 0 unspecified atom stereocenters. The van der Waals surface area contributed by atoms with Gasteiger partial charge in [0.25, 0.3) is 0 Å². The van der Waals surface area contributed by atoms with Gasteiger partial charge in [0.05, 0.1) is 6.61 Å². The van der Waals surface area contributed by atoms with Crippen molar-refractivity contribution >= 4 is 25.0 Å². The van der Waals surface area contributed by atoms with Gasteiger partial charge in [-0.15, -0.1) is 0 Å². The van der Waals surface area contributed by atoms with Crippen LogP contribution in [0.3, 0.4) is 0 Å². The van der Waals surface area contributed by atoms with Crippen molar-refractivity contribution in [1.29, 1.82) is 0 Å². The van der Waals surface area contributed by atoms with Crippen molar-refractivity contribution in [2.24, 2.45) is 0 Å². The Balaban J connectivity index is 3.12. The van der Waals surface area contributed by atoms with E-state index in [0.29, 0.717) is 6.61 Å². The van der Waals surface area contributed by atoms with Crippen LogP contribution in [0.15, 0.2) is 0 Å². The van der Waals surface area contributed by atoms with E-state index >= 15 is 0 Å². The second-order valence-electron chi connectivity index (χ2n) is 9.58. The summed E-state index contributed by atoms with van der Waals surface area (Å²) in [5.74, 6) is 0. The third-order valence-electron chi connectivity index (χ3n) is 3.54. The number of rotatable bonds is 8. The van der Waals surface area contributed by atoms with Crippen molar-refractivity contribution in [3.05, 3.63) is 0 Å². The van der Waals surface area contributed by atoms with E-state index in [0.717, 1.165) is 0 Å². The number of methoxy groups -OCH3 is 1. The largest absolute Gasteiger partial charge is 0.415 e. The molecule has 1 saturated heterocycles. The van der Waals surface area contributed by atoms with Gasteiger partial charge in [-0.3, -0.25) is 0 Å². The molecule has 150 valence electrons. The molecule has 0 amide bonds. The minimum absolute atomic E-state index is 0.317. The maximum absolute atomic E-state index is 10.5. The van der Waals surface area contributed by atoms with Crippen LogP contribution in [0.25, 0.3) is 0 Å². The molecule has 0 aromatic heterocycles. The first-order valence-electron chi connectivity index (χ1n) is 8.99. The van der Waals surface area contributed by atoms with Crippen molar-refractivity contribution in [3.8, 4) is 0 Å². The van der Waals surface area contributed by atoms with Crippen LogP contribution < -0.4 is 0 Å². The lowest BCUT2D eigenvalue weighted by molar-refractivity contribution is -0.284. The van der Waals surface area contributed by atoms with E-state index in [1.165, 1.54) is 0 Å². The quantitative estimate of drug-likeness (QED) is 0.621. The zero-order chi connectivity index (χ0) is 19.6. The predicted molar refractivity (Wildman–Crippen MR) is 107 cm³/mol. The summed E-state index contributed by atoms with van der Waals surface area (Å²) in [5.41, 5.74) is 0. The molecule has 1 aliphatic rings. The second kappa shape index (κ2) is 8.61. The fourth-order valence-corrected chi connectivity index (χ4v) is 5.56. The summed E-state index contributed by atoms with van der Waals surface area (Å²) >= 11 is 0. The molecule has 6 nitrogen and oxygen atoms in total. The molecule has 1 N–H and O–H groups in total. The molecule has 0 bridgehead atoms. The Labute approximate surface area is 156 Å². The third kappa shape index (κ3) is 8.31. The average molecular weight is 411 g/mol. The summed E-state index contributed by atoms with van der Waals surface area (Å²) in [4.78, 5) is 0. The number of hydrogen-bond acceptors (Lipinski definition) is 6. The van der Waals surface area contributed by atoms with Gasteiger partial charge >= 0.3 is 0 Å². The predicted octanol–water partition coefficient (Wildman–Crippen LogP) is 3.01. The Morgan fingerprint density at radius 2 is 1.24 bits per heavy atom. The van der Waals surface area contributed by atoms with Gasteiger partial charge in [0.2, 0.25) is 0 Å². The average Bonchev–Trinajstić information content (AvgIpc) is 2.36. The zero-order valence-corrected chi connectivity index (χ0v) is 20.6. The van der Waals surface area contributed by atoms with Crippen molar-refractivity contribution in [3.63, 3.8) is 0 Å². The smallest absolute Gasteiger partial charge is 0.184 e. The molecule has 9 heteroatoms. The molecule has 0 aliphatic carbocycles. The Kier molecular flexibility index (Phi) is 8.08. The van der Waals surface area contributed by atoms with E-state index in [4.69, 9.17) is 22.8 Å². The molecule has 5 atom stereocenters. The van der Waals surface area contributed by atoms with Crippen LogP contribution in [-0.4, -0.2) is 74.5 Å². The summed E-state index contributed by atoms with van der Waals surface area (Å²) < 4.78 is 30.3. The van der Waals surface area contributed by atoms with Gasteiger partial charge in [0, 0.05) is 7.11 Å². The summed E-state index contributed by atoms with van der Waals surface area (Å²) in [6.07, 6.45) is -2.69. The molecular formula is C16H38O6Si3. The maximum Gasteiger partial charge on any atom is 0.184 e. The molecule has 0 aromatic rings. The lowest BCUT2D eigenvalue weighted by atomic mass is 9.99. The molecule has 1 aliphatic heterocycles. The molecule has 25 heavy (non-hydrogen) atoms.